The molecule has 0 radical (unpaired) electrons. The number of hydrogen-bond acceptors (Lipinski definition) is 2. The molecule has 0 spiro atoms. The average Bonchev–Trinajstić information content (AvgIpc) is 2.29. The number of rotatable bonds is 2. The molecule has 1 N–H and O–H groups in total. The van der Waals surface area contributed by atoms with Crippen LogP contribution in [0, 0.1) is 5.92 Å². The maximum Gasteiger partial charge on any atom is 0.192 e. The van der Waals surface area contributed by atoms with Crippen molar-refractivity contribution in [1.82, 2.24) is 0 Å². The Morgan fingerprint density at radius 2 is 2.38 bits per heavy atom. The molecule has 0 bridgehead atoms. The zero-order valence-electron chi connectivity index (χ0n) is 9.03. The third-order valence-corrected chi connectivity index (χ3v) is 3.47. The molecule has 3 heteroatoms. The molecule has 1 saturated heterocycles. The van der Waals surface area contributed by atoms with Crippen molar-refractivity contribution in [3.63, 3.8) is 0 Å². The summed E-state index contributed by atoms with van der Waals surface area (Å²) < 4.78 is 6.47. The number of benzene rings is 1. The van der Waals surface area contributed by atoms with Crippen LogP contribution in [-0.4, -0.2) is 11.7 Å². The van der Waals surface area contributed by atoms with Crippen LogP contribution in [0.3, 0.4) is 0 Å². The summed E-state index contributed by atoms with van der Waals surface area (Å²) in [5, 5.41) is 10.5. The smallest absolute Gasteiger partial charge is 0.192 e. The Balaban J connectivity index is 2.27. The third-order valence-electron chi connectivity index (χ3n) is 2.98. The predicted molar refractivity (Wildman–Crippen MR) is 66.9 cm³/mol. The van der Waals surface area contributed by atoms with Crippen molar-refractivity contribution in [2.45, 2.75) is 18.6 Å². The molecule has 1 heterocycles. The summed E-state index contributed by atoms with van der Waals surface area (Å²) in [5.41, 5.74) is 0.799. The Kier molecular flexibility index (Phi) is 3.47. The van der Waals surface area contributed by atoms with Crippen LogP contribution in [0.5, 0.6) is 0 Å². The molecule has 0 saturated carbocycles. The summed E-state index contributed by atoms with van der Waals surface area (Å²) in [7, 11) is 0. The van der Waals surface area contributed by atoms with E-state index in [1.54, 1.807) is 0 Å². The summed E-state index contributed by atoms with van der Waals surface area (Å²) >= 11 is 3.40. The molecule has 2 unspecified atom stereocenters. The van der Waals surface area contributed by atoms with E-state index < -0.39 is 5.79 Å². The van der Waals surface area contributed by atoms with Gasteiger partial charge in [-0.25, -0.2) is 0 Å². The molecular weight excluding hydrogens is 268 g/mol. The Bertz CT molecular complexity index is 391. The number of hydrogen-bond donors (Lipinski definition) is 1. The van der Waals surface area contributed by atoms with E-state index in [4.69, 9.17) is 4.74 Å². The van der Waals surface area contributed by atoms with Gasteiger partial charge in [-0.1, -0.05) is 34.1 Å². The van der Waals surface area contributed by atoms with Crippen molar-refractivity contribution in [1.29, 1.82) is 0 Å². The Morgan fingerprint density at radius 3 is 3.06 bits per heavy atom. The fraction of sp³-hybridized carbons (Fsp3) is 0.385. The zero-order valence-corrected chi connectivity index (χ0v) is 10.6. The van der Waals surface area contributed by atoms with Crippen LogP contribution >= 0.6 is 15.9 Å². The van der Waals surface area contributed by atoms with Crippen molar-refractivity contribution in [3.8, 4) is 0 Å². The lowest BCUT2D eigenvalue weighted by Gasteiger charge is -2.36. The second-order valence-electron chi connectivity index (χ2n) is 4.13. The summed E-state index contributed by atoms with van der Waals surface area (Å²) in [6.07, 6.45) is 3.40. The van der Waals surface area contributed by atoms with Gasteiger partial charge in [-0.2, -0.15) is 0 Å². The van der Waals surface area contributed by atoms with Gasteiger partial charge in [0, 0.05) is 16.5 Å². The van der Waals surface area contributed by atoms with Gasteiger partial charge in [-0.3, -0.25) is 0 Å². The first-order valence-electron chi connectivity index (χ1n) is 5.39. The van der Waals surface area contributed by atoms with Crippen molar-refractivity contribution in [2.75, 3.05) is 6.61 Å². The first kappa shape index (κ1) is 11.8. The van der Waals surface area contributed by atoms with Crippen LogP contribution < -0.4 is 0 Å². The summed E-state index contributed by atoms with van der Waals surface area (Å²) in [4.78, 5) is 0. The molecule has 1 aliphatic heterocycles. The van der Waals surface area contributed by atoms with Gasteiger partial charge >= 0.3 is 0 Å². The van der Waals surface area contributed by atoms with Gasteiger partial charge in [0.05, 0.1) is 6.61 Å². The van der Waals surface area contributed by atoms with Crippen LogP contribution in [0.1, 0.15) is 18.4 Å². The molecule has 0 amide bonds. The Morgan fingerprint density at radius 1 is 1.56 bits per heavy atom. The zero-order chi connectivity index (χ0) is 11.6. The minimum Gasteiger partial charge on any atom is -0.362 e. The molecule has 0 aromatic heterocycles. The molecule has 86 valence electrons. The van der Waals surface area contributed by atoms with Gasteiger partial charge in [-0.15, -0.1) is 6.58 Å². The van der Waals surface area contributed by atoms with Crippen molar-refractivity contribution in [2.24, 2.45) is 5.92 Å². The van der Waals surface area contributed by atoms with E-state index in [-0.39, 0.29) is 0 Å². The largest absolute Gasteiger partial charge is 0.362 e. The predicted octanol–water partition coefficient (Wildman–Crippen LogP) is 3.21. The van der Waals surface area contributed by atoms with Gasteiger partial charge in [0.1, 0.15) is 0 Å². The van der Waals surface area contributed by atoms with Gasteiger partial charge in [0.2, 0.25) is 0 Å². The van der Waals surface area contributed by atoms with E-state index in [0.717, 1.165) is 16.5 Å². The second-order valence-corrected chi connectivity index (χ2v) is 5.05. The maximum atomic E-state index is 10.5. The fourth-order valence-corrected chi connectivity index (χ4v) is 2.43. The Labute approximate surface area is 104 Å². The standard InChI is InChI=1S/C13H15BrO2/c1-2-10-6-7-16-13(15,9-10)11-4-3-5-12(14)8-11/h2-5,8,10,15H,1,6-7,9H2. The topological polar surface area (TPSA) is 29.5 Å². The van der Waals surface area contributed by atoms with E-state index in [1.807, 2.05) is 30.3 Å². The molecule has 1 aliphatic rings. The molecule has 2 atom stereocenters. The summed E-state index contributed by atoms with van der Waals surface area (Å²) in [6.45, 7) is 4.35. The highest BCUT2D eigenvalue weighted by atomic mass is 79.9. The first-order valence-corrected chi connectivity index (χ1v) is 6.18. The van der Waals surface area contributed by atoms with Crippen LogP contribution in [-0.2, 0) is 10.5 Å². The van der Waals surface area contributed by atoms with E-state index in [0.29, 0.717) is 18.9 Å². The molecule has 2 nitrogen and oxygen atoms in total. The first-order chi connectivity index (χ1) is 7.64. The Hall–Kier alpha value is -0.640. The molecule has 1 aromatic carbocycles. The van der Waals surface area contributed by atoms with Gasteiger partial charge in [0.25, 0.3) is 0 Å². The number of allylic oxidation sites excluding steroid dienone is 1. The van der Waals surface area contributed by atoms with E-state index >= 15 is 0 Å². The normalized spacial score (nSPS) is 30.0. The average molecular weight is 283 g/mol. The minimum atomic E-state index is -1.17. The van der Waals surface area contributed by atoms with E-state index in [2.05, 4.69) is 22.5 Å². The highest BCUT2D eigenvalue weighted by Crippen LogP contribution is 2.36. The molecular formula is C13H15BrO2. The lowest BCUT2D eigenvalue weighted by molar-refractivity contribution is -0.241. The third kappa shape index (κ3) is 2.37. The van der Waals surface area contributed by atoms with Gasteiger partial charge in [0.15, 0.2) is 5.79 Å². The van der Waals surface area contributed by atoms with Crippen LogP contribution in [0.4, 0.5) is 0 Å². The molecule has 1 fully saturated rings. The minimum absolute atomic E-state index is 0.317. The quantitative estimate of drug-likeness (QED) is 0.844. The summed E-state index contributed by atoms with van der Waals surface area (Å²) in [5.74, 6) is -0.848. The van der Waals surface area contributed by atoms with Crippen LogP contribution in [0.25, 0.3) is 0 Å². The number of halogens is 1. The molecule has 16 heavy (non-hydrogen) atoms. The van der Waals surface area contributed by atoms with Gasteiger partial charge < -0.3 is 9.84 Å². The lowest BCUT2D eigenvalue weighted by Crippen LogP contribution is -2.36. The molecule has 2 rings (SSSR count). The van der Waals surface area contributed by atoms with Crippen molar-refractivity contribution >= 4 is 15.9 Å². The van der Waals surface area contributed by atoms with E-state index in [9.17, 15) is 5.11 Å². The monoisotopic (exact) mass is 282 g/mol. The summed E-state index contributed by atoms with van der Waals surface area (Å²) in [6, 6.07) is 7.61. The molecule has 0 aliphatic carbocycles. The van der Waals surface area contributed by atoms with E-state index in [1.165, 1.54) is 0 Å². The fourth-order valence-electron chi connectivity index (χ4n) is 2.03. The van der Waals surface area contributed by atoms with Crippen LogP contribution in [0.15, 0.2) is 41.4 Å². The lowest BCUT2D eigenvalue weighted by atomic mass is 9.89. The highest BCUT2D eigenvalue weighted by molar-refractivity contribution is 9.10. The number of aliphatic hydroxyl groups is 1. The maximum absolute atomic E-state index is 10.5. The highest BCUT2D eigenvalue weighted by Gasteiger charge is 2.36. The van der Waals surface area contributed by atoms with Crippen LogP contribution in [0.2, 0.25) is 0 Å². The number of ether oxygens (including phenoxy) is 1. The SMILES string of the molecule is C=CC1CCOC(O)(c2cccc(Br)c2)C1. The van der Waals surface area contributed by atoms with Crippen molar-refractivity contribution < 1.29 is 9.84 Å². The molecule has 1 aromatic rings. The van der Waals surface area contributed by atoms with Crippen molar-refractivity contribution in [3.05, 3.63) is 47.0 Å². The van der Waals surface area contributed by atoms with Gasteiger partial charge in [-0.05, 0) is 24.5 Å². The second kappa shape index (κ2) is 4.70.